The number of methoxy groups -OCH3 is 2. The molecule has 0 aliphatic carbocycles. The number of benzene rings is 3. The number of hydrogen-bond donors (Lipinski definition) is 1. The second kappa shape index (κ2) is 12.5. The molecule has 11 heteroatoms. The Morgan fingerprint density at radius 1 is 0.919 bits per heavy atom. The number of carbonyl (C=O) groups excluding carboxylic acids is 1. The van der Waals surface area contributed by atoms with E-state index in [0.29, 0.717) is 0 Å². The zero-order valence-electron chi connectivity index (χ0n) is 20.9. The van der Waals surface area contributed by atoms with E-state index in [-0.39, 0.29) is 63.1 Å². The van der Waals surface area contributed by atoms with Crippen LogP contribution in [0.2, 0.25) is 10.0 Å². The third-order valence-electron chi connectivity index (χ3n) is 5.53. The van der Waals surface area contributed by atoms with Gasteiger partial charge in [0.25, 0.3) is 5.91 Å². The first-order valence-electron chi connectivity index (χ1n) is 11.4. The molecule has 198 valence electrons. The van der Waals surface area contributed by atoms with Crippen molar-refractivity contribution in [2.75, 3.05) is 32.6 Å². The molecule has 0 fully saturated rings. The summed E-state index contributed by atoms with van der Waals surface area (Å²) in [5, 5.41) is 2.98. The van der Waals surface area contributed by atoms with E-state index in [1.54, 1.807) is 13.8 Å². The van der Waals surface area contributed by atoms with Crippen molar-refractivity contribution in [3.63, 3.8) is 0 Å². The molecule has 3 rings (SSSR count). The summed E-state index contributed by atoms with van der Waals surface area (Å²) in [5.41, 5.74) is 1.17. The molecule has 37 heavy (non-hydrogen) atoms. The molecule has 0 atom stereocenters. The molecule has 0 unspecified atom stereocenters. The van der Waals surface area contributed by atoms with E-state index >= 15 is 0 Å². The van der Waals surface area contributed by atoms with Gasteiger partial charge in [-0.05, 0) is 23.8 Å². The standard InChI is InChI=1S/C26H28Cl2N2O6S/c1-5-30(6-2)37(32,33)19-14-22(25(35-4)23(15-19)34-3)29-26(31)18-12-20(27)24(21(28)13-18)36-16-17-10-8-7-9-11-17/h7-15H,5-6,16H2,1-4H3,(H,29,31). The smallest absolute Gasteiger partial charge is 0.255 e. The van der Waals surface area contributed by atoms with Crippen LogP contribution in [0.3, 0.4) is 0 Å². The van der Waals surface area contributed by atoms with Crippen molar-refractivity contribution in [1.82, 2.24) is 4.31 Å². The topological polar surface area (TPSA) is 94.2 Å². The van der Waals surface area contributed by atoms with Gasteiger partial charge in [-0.2, -0.15) is 4.31 Å². The van der Waals surface area contributed by atoms with Crippen LogP contribution in [0.4, 0.5) is 5.69 Å². The Morgan fingerprint density at radius 2 is 1.54 bits per heavy atom. The molecule has 0 radical (unpaired) electrons. The second-order valence-electron chi connectivity index (χ2n) is 7.79. The minimum absolute atomic E-state index is 0.0510. The zero-order valence-corrected chi connectivity index (χ0v) is 23.2. The first-order chi connectivity index (χ1) is 17.7. The molecule has 8 nitrogen and oxygen atoms in total. The highest BCUT2D eigenvalue weighted by Crippen LogP contribution is 2.40. The maximum atomic E-state index is 13.2. The number of carbonyl (C=O) groups is 1. The van der Waals surface area contributed by atoms with Gasteiger partial charge < -0.3 is 19.5 Å². The highest BCUT2D eigenvalue weighted by atomic mass is 35.5. The van der Waals surface area contributed by atoms with Gasteiger partial charge in [-0.3, -0.25) is 4.79 Å². The van der Waals surface area contributed by atoms with E-state index in [2.05, 4.69) is 5.32 Å². The summed E-state index contributed by atoms with van der Waals surface area (Å²) in [7, 11) is -1.07. The van der Waals surface area contributed by atoms with Gasteiger partial charge in [0.1, 0.15) is 6.61 Å². The molecular formula is C26H28Cl2N2O6S. The number of halogens is 2. The molecule has 3 aromatic carbocycles. The Balaban J connectivity index is 1.93. The van der Waals surface area contributed by atoms with Gasteiger partial charge in [0.15, 0.2) is 17.2 Å². The van der Waals surface area contributed by atoms with Crippen LogP contribution in [0.5, 0.6) is 17.2 Å². The van der Waals surface area contributed by atoms with Crippen LogP contribution < -0.4 is 19.5 Å². The number of nitrogens with zero attached hydrogens (tertiary/aromatic N) is 1. The maximum absolute atomic E-state index is 13.2. The summed E-state index contributed by atoms with van der Waals surface area (Å²) in [6.07, 6.45) is 0. The van der Waals surface area contributed by atoms with Crippen LogP contribution >= 0.6 is 23.2 Å². The molecule has 1 amide bonds. The monoisotopic (exact) mass is 566 g/mol. The van der Waals surface area contributed by atoms with Crippen LogP contribution in [0.15, 0.2) is 59.5 Å². The average molecular weight is 567 g/mol. The maximum Gasteiger partial charge on any atom is 0.255 e. The molecular weight excluding hydrogens is 539 g/mol. The Morgan fingerprint density at radius 3 is 2.08 bits per heavy atom. The van der Waals surface area contributed by atoms with Gasteiger partial charge in [-0.1, -0.05) is 67.4 Å². The number of rotatable bonds is 11. The predicted molar refractivity (Wildman–Crippen MR) is 145 cm³/mol. The normalized spacial score (nSPS) is 11.3. The van der Waals surface area contributed by atoms with E-state index in [1.165, 1.54) is 42.8 Å². The van der Waals surface area contributed by atoms with E-state index in [0.717, 1.165) is 5.56 Å². The van der Waals surface area contributed by atoms with E-state index < -0.39 is 15.9 Å². The highest BCUT2D eigenvalue weighted by molar-refractivity contribution is 7.89. The van der Waals surface area contributed by atoms with Crippen LogP contribution in [0.25, 0.3) is 0 Å². The Kier molecular flexibility index (Phi) is 9.67. The Labute approximate surface area is 227 Å². The first-order valence-corrected chi connectivity index (χ1v) is 13.6. The summed E-state index contributed by atoms with van der Waals surface area (Å²) in [6.45, 7) is 4.29. The van der Waals surface area contributed by atoms with Gasteiger partial charge in [0.05, 0.1) is 34.8 Å². The minimum atomic E-state index is -3.84. The molecule has 0 aliphatic heterocycles. The quantitative estimate of drug-likeness (QED) is 0.312. The lowest BCUT2D eigenvalue weighted by Gasteiger charge is -2.21. The number of hydrogen-bond acceptors (Lipinski definition) is 6. The van der Waals surface area contributed by atoms with Crippen molar-refractivity contribution < 1.29 is 27.4 Å². The first kappa shape index (κ1) is 28.6. The zero-order chi connectivity index (χ0) is 27.2. The average Bonchev–Trinajstić information content (AvgIpc) is 2.88. The van der Waals surface area contributed by atoms with Gasteiger partial charge in [-0.25, -0.2) is 8.42 Å². The van der Waals surface area contributed by atoms with E-state index in [4.69, 9.17) is 37.4 Å². The molecule has 0 aliphatic rings. The minimum Gasteiger partial charge on any atom is -0.493 e. The Bertz CT molecular complexity index is 1340. The van der Waals surface area contributed by atoms with Gasteiger partial charge in [0.2, 0.25) is 10.0 Å². The summed E-state index contributed by atoms with van der Waals surface area (Å²) in [5.74, 6) is -0.0347. The molecule has 0 spiro atoms. The fourth-order valence-corrected chi connectivity index (χ4v) is 5.74. The lowest BCUT2D eigenvalue weighted by Crippen LogP contribution is -2.30. The number of anilines is 1. The predicted octanol–water partition coefficient (Wildman–Crippen LogP) is 5.87. The molecule has 3 aromatic rings. The third kappa shape index (κ3) is 6.48. The number of nitrogens with one attached hydrogen (secondary N) is 1. The summed E-state index contributed by atoms with van der Waals surface area (Å²) in [4.78, 5) is 13.1. The number of amides is 1. The van der Waals surface area contributed by atoms with Crippen molar-refractivity contribution in [2.24, 2.45) is 0 Å². The van der Waals surface area contributed by atoms with Crippen molar-refractivity contribution in [1.29, 1.82) is 0 Å². The molecule has 0 heterocycles. The summed E-state index contributed by atoms with van der Waals surface area (Å²) in [6, 6.07) is 15.0. The fraction of sp³-hybridized carbons (Fsp3) is 0.269. The van der Waals surface area contributed by atoms with Crippen molar-refractivity contribution in [2.45, 2.75) is 25.3 Å². The van der Waals surface area contributed by atoms with E-state index in [9.17, 15) is 13.2 Å². The molecule has 0 saturated carbocycles. The van der Waals surface area contributed by atoms with Crippen molar-refractivity contribution in [3.05, 3.63) is 75.8 Å². The molecule has 0 aromatic heterocycles. The fourth-order valence-electron chi connectivity index (χ4n) is 3.65. The van der Waals surface area contributed by atoms with Crippen molar-refractivity contribution in [3.8, 4) is 17.2 Å². The highest BCUT2D eigenvalue weighted by Gasteiger charge is 2.26. The van der Waals surface area contributed by atoms with Gasteiger partial charge >= 0.3 is 0 Å². The van der Waals surface area contributed by atoms with Crippen LogP contribution in [-0.2, 0) is 16.6 Å². The summed E-state index contributed by atoms with van der Waals surface area (Å²) >= 11 is 12.8. The third-order valence-corrected chi connectivity index (χ3v) is 8.12. The second-order valence-corrected chi connectivity index (χ2v) is 10.5. The lowest BCUT2D eigenvalue weighted by molar-refractivity contribution is 0.102. The van der Waals surface area contributed by atoms with E-state index in [1.807, 2.05) is 30.3 Å². The summed E-state index contributed by atoms with van der Waals surface area (Å²) < 4.78 is 44.1. The van der Waals surface area contributed by atoms with Crippen LogP contribution in [0.1, 0.15) is 29.8 Å². The SMILES string of the molecule is CCN(CC)S(=O)(=O)c1cc(NC(=O)c2cc(Cl)c(OCc3ccccc3)c(Cl)c2)c(OC)c(OC)c1. The van der Waals surface area contributed by atoms with Crippen LogP contribution in [0, 0.1) is 0 Å². The number of sulfonamides is 1. The largest absolute Gasteiger partial charge is 0.493 e. The molecule has 0 bridgehead atoms. The lowest BCUT2D eigenvalue weighted by atomic mass is 10.2. The molecule has 1 N–H and O–H groups in total. The molecule has 0 saturated heterocycles. The van der Waals surface area contributed by atoms with Gasteiger partial charge in [-0.15, -0.1) is 0 Å². The van der Waals surface area contributed by atoms with Crippen molar-refractivity contribution >= 4 is 44.8 Å². The Hall–Kier alpha value is -2.98. The van der Waals surface area contributed by atoms with Gasteiger partial charge in [0, 0.05) is 24.7 Å². The van der Waals surface area contributed by atoms with Crippen LogP contribution in [-0.4, -0.2) is 45.9 Å². The number of ether oxygens (including phenoxy) is 3.